The van der Waals surface area contributed by atoms with Gasteiger partial charge in [0.25, 0.3) is 0 Å². The van der Waals surface area contributed by atoms with Crippen LogP contribution in [0.1, 0.15) is 59.8 Å². The SMILES string of the molecule is CCOC(=O)c1ccccc1[C@@H]1C[C@@H](OCC)CCN1Cc1c(OC)cc(C)c2[nH]ccc12. The number of benzene rings is 2. The van der Waals surface area contributed by atoms with Gasteiger partial charge in [0.15, 0.2) is 0 Å². The van der Waals surface area contributed by atoms with E-state index >= 15 is 0 Å². The Bertz CT molecular complexity index is 1110. The van der Waals surface area contributed by atoms with Gasteiger partial charge in [-0.2, -0.15) is 0 Å². The van der Waals surface area contributed by atoms with Crippen molar-refractivity contribution in [3.63, 3.8) is 0 Å². The highest BCUT2D eigenvalue weighted by molar-refractivity contribution is 5.91. The van der Waals surface area contributed by atoms with Gasteiger partial charge in [-0.15, -0.1) is 0 Å². The molecule has 2 heterocycles. The summed E-state index contributed by atoms with van der Waals surface area (Å²) in [6.45, 7) is 8.60. The molecule has 0 bridgehead atoms. The zero-order valence-corrected chi connectivity index (χ0v) is 20.0. The molecule has 1 N–H and O–H groups in total. The van der Waals surface area contributed by atoms with Gasteiger partial charge in [0.1, 0.15) is 5.75 Å². The average molecular weight is 451 g/mol. The van der Waals surface area contributed by atoms with Crippen LogP contribution < -0.4 is 4.74 Å². The van der Waals surface area contributed by atoms with E-state index in [1.165, 1.54) is 5.39 Å². The minimum atomic E-state index is -0.271. The highest BCUT2D eigenvalue weighted by Crippen LogP contribution is 2.39. The van der Waals surface area contributed by atoms with Crippen LogP contribution in [0.15, 0.2) is 42.6 Å². The third kappa shape index (κ3) is 4.77. The van der Waals surface area contributed by atoms with E-state index in [1.54, 1.807) is 7.11 Å². The number of nitrogens with zero attached hydrogens (tertiary/aromatic N) is 1. The molecule has 1 aromatic heterocycles. The lowest BCUT2D eigenvalue weighted by Gasteiger charge is -2.40. The first-order chi connectivity index (χ1) is 16.1. The van der Waals surface area contributed by atoms with Crippen LogP contribution in [-0.4, -0.2) is 48.8 Å². The van der Waals surface area contributed by atoms with Crippen LogP contribution in [0, 0.1) is 6.92 Å². The van der Waals surface area contributed by atoms with Crippen LogP contribution >= 0.6 is 0 Å². The Morgan fingerprint density at radius 2 is 2.00 bits per heavy atom. The average Bonchev–Trinajstić information content (AvgIpc) is 3.32. The Labute approximate surface area is 195 Å². The van der Waals surface area contributed by atoms with E-state index in [1.807, 2.05) is 38.2 Å². The minimum Gasteiger partial charge on any atom is -0.496 e. The number of hydrogen-bond donors (Lipinski definition) is 1. The van der Waals surface area contributed by atoms with Crippen LogP contribution in [0.25, 0.3) is 10.9 Å². The number of aryl methyl sites for hydroxylation is 1. The first-order valence-electron chi connectivity index (χ1n) is 11.8. The third-order valence-corrected chi connectivity index (χ3v) is 6.58. The van der Waals surface area contributed by atoms with Crippen molar-refractivity contribution in [2.24, 2.45) is 0 Å². The number of ether oxygens (including phenoxy) is 3. The summed E-state index contributed by atoms with van der Waals surface area (Å²) >= 11 is 0. The minimum absolute atomic E-state index is 0.0379. The number of esters is 1. The van der Waals surface area contributed by atoms with Gasteiger partial charge in [-0.05, 0) is 62.9 Å². The van der Waals surface area contributed by atoms with E-state index in [0.717, 1.165) is 53.9 Å². The summed E-state index contributed by atoms with van der Waals surface area (Å²) in [5.74, 6) is 0.622. The summed E-state index contributed by atoms with van der Waals surface area (Å²) in [5, 5.41) is 1.18. The van der Waals surface area contributed by atoms with E-state index in [0.29, 0.717) is 18.8 Å². The zero-order valence-electron chi connectivity index (χ0n) is 20.0. The van der Waals surface area contributed by atoms with E-state index in [9.17, 15) is 4.79 Å². The summed E-state index contributed by atoms with van der Waals surface area (Å²) in [4.78, 5) is 18.6. The lowest BCUT2D eigenvalue weighted by Crippen LogP contribution is -2.40. The molecule has 0 saturated carbocycles. The number of hydrogen-bond acceptors (Lipinski definition) is 5. The fourth-order valence-corrected chi connectivity index (χ4v) is 5.05. The second-order valence-electron chi connectivity index (χ2n) is 8.54. The molecular weight excluding hydrogens is 416 g/mol. The molecule has 0 spiro atoms. The number of carbonyl (C=O) groups excluding carboxylic acids is 1. The van der Waals surface area contributed by atoms with Crippen molar-refractivity contribution in [1.29, 1.82) is 0 Å². The van der Waals surface area contributed by atoms with Crippen molar-refractivity contribution in [2.45, 2.75) is 52.3 Å². The number of carbonyl (C=O) groups is 1. The van der Waals surface area contributed by atoms with Gasteiger partial charge in [0, 0.05) is 48.4 Å². The number of rotatable bonds is 8. The van der Waals surface area contributed by atoms with Gasteiger partial charge in [-0.1, -0.05) is 18.2 Å². The van der Waals surface area contributed by atoms with Gasteiger partial charge in [0.2, 0.25) is 0 Å². The molecular formula is C27H34N2O4. The molecule has 3 aromatic rings. The van der Waals surface area contributed by atoms with E-state index < -0.39 is 0 Å². The number of piperidine rings is 1. The maximum absolute atomic E-state index is 12.8. The summed E-state index contributed by atoms with van der Waals surface area (Å²) in [6, 6.07) is 12.1. The number of fused-ring (bicyclic) bond motifs is 1. The van der Waals surface area contributed by atoms with Gasteiger partial charge in [-0.25, -0.2) is 4.79 Å². The standard InChI is InChI=1S/C27H34N2O4/c1-5-32-19-12-14-29(17-23-21-11-13-28-26(21)18(3)15-25(23)31-4)24(16-19)20-9-7-8-10-22(20)27(30)33-6-2/h7-11,13,15,19,24,28H,5-6,12,14,16-17H2,1-4H3/t19-,24-/m0/s1. The van der Waals surface area contributed by atoms with Gasteiger partial charge < -0.3 is 19.2 Å². The van der Waals surface area contributed by atoms with Crippen molar-refractivity contribution in [3.8, 4) is 5.75 Å². The Morgan fingerprint density at radius 1 is 1.18 bits per heavy atom. The maximum atomic E-state index is 12.8. The summed E-state index contributed by atoms with van der Waals surface area (Å²) in [6.07, 6.45) is 3.93. The normalized spacial score (nSPS) is 19.0. The fraction of sp³-hybridized carbons (Fsp3) is 0.444. The fourth-order valence-electron chi connectivity index (χ4n) is 5.05. The molecule has 6 heteroatoms. The lowest BCUT2D eigenvalue weighted by molar-refractivity contribution is -0.0142. The molecule has 1 fully saturated rings. The van der Waals surface area contributed by atoms with Crippen molar-refractivity contribution in [3.05, 3.63) is 64.8 Å². The van der Waals surface area contributed by atoms with Crippen molar-refractivity contribution in [1.82, 2.24) is 9.88 Å². The Balaban J connectivity index is 1.74. The molecule has 1 aliphatic heterocycles. The Morgan fingerprint density at radius 3 is 2.76 bits per heavy atom. The van der Waals surface area contributed by atoms with Crippen LogP contribution in [-0.2, 0) is 16.0 Å². The van der Waals surface area contributed by atoms with Gasteiger partial charge in [-0.3, -0.25) is 4.90 Å². The third-order valence-electron chi connectivity index (χ3n) is 6.58. The summed E-state index contributed by atoms with van der Waals surface area (Å²) in [7, 11) is 1.73. The molecule has 4 rings (SSSR count). The first kappa shape index (κ1) is 23.3. The second-order valence-corrected chi connectivity index (χ2v) is 8.54. The van der Waals surface area contributed by atoms with Crippen LogP contribution in [0.2, 0.25) is 0 Å². The maximum Gasteiger partial charge on any atom is 0.338 e. The van der Waals surface area contributed by atoms with Crippen LogP contribution in [0.5, 0.6) is 5.75 Å². The lowest BCUT2D eigenvalue weighted by atomic mass is 9.89. The first-order valence-corrected chi connectivity index (χ1v) is 11.8. The van der Waals surface area contributed by atoms with Crippen molar-refractivity contribution >= 4 is 16.9 Å². The monoisotopic (exact) mass is 450 g/mol. The number of H-pyrrole nitrogens is 1. The van der Waals surface area contributed by atoms with Crippen LogP contribution in [0.3, 0.4) is 0 Å². The van der Waals surface area contributed by atoms with Gasteiger partial charge >= 0.3 is 5.97 Å². The number of nitrogens with one attached hydrogen (secondary N) is 1. The Hall–Kier alpha value is -2.83. The predicted molar refractivity (Wildman–Crippen MR) is 130 cm³/mol. The molecule has 1 aliphatic rings. The van der Waals surface area contributed by atoms with Gasteiger partial charge in [0.05, 0.1) is 25.4 Å². The Kier molecular flexibility index (Phi) is 7.36. The number of likely N-dealkylation sites (tertiary alicyclic amines) is 1. The molecule has 0 aliphatic carbocycles. The van der Waals surface area contributed by atoms with Crippen molar-refractivity contribution < 1.29 is 19.0 Å². The molecule has 33 heavy (non-hydrogen) atoms. The quantitative estimate of drug-likeness (QED) is 0.465. The van der Waals surface area contributed by atoms with E-state index in [2.05, 4.69) is 35.0 Å². The largest absolute Gasteiger partial charge is 0.496 e. The molecule has 2 atom stereocenters. The molecule has 0 amide bonds. The smallest absolute Gasteiger partial charge is 0.338 e. The summed E-state index contributed by atoms with van der Waals surface area (Å²) in [5.41, 5.74) is 5.09. The second kappa shape index (κ2) is 10.4. The predicted octanol–water partition coefficient (Wildman–Crippen LogP) is 5.40. The molecule has 2 aromatic carbocycles. The highest BCUT2D eigenvalue weighted by Gasteiger charge is 2.33. The number of methoxy groups -OCH3 is 1. The molecule has 176 valence electrons. The summed E-state index contributed by atoms with van der Waals surface area (Å²) < 4.78 is 17.2. The molecule has 1 saturated heterocycles. The number of aromatic nitrogens is 1. The zero-order chi connectivity index (χ0) is 23.4. The number of aromatic amines is 1. The van der Waals surface area contributed by atoms with E-state index in [4.69, 9.17) is 14.2 Å². The molecule has 0 radical (unpaired) electrons. The van der Waals surface area contributed by atoms with Crippen LogP contribution in [0.4, 0.5) is 0 Å². The van der Waals surface area contributed by atoms with E-state index in [-0.39, 0.29) is 18.1 Å². The highest BCUT2D eigenvalue weighted by atomic mass is 16.5. The molecule has 0 unspecified atom stereocenters. The topological polar surface area (TPSA) is 63.8 Å². The molecule has 6 nitrogen and oxygen atoms in total. The van der Waals surface area contributed by atoms with Crippen molar-refractivity contribution in [2.75, 3.05) is 26.9 Å².